The van der Waals surface area contributed by atoms with Gasteiger partial charge >= 0.3 is 0 Å². The molecule has 1 N–H and O–H groups in total. The lowest BCUT2D eigenvalue weighted by atomic mass is 10.0. The van der Waals surface area contributed by atoms with Crippen molar-refractivity contribution >= 4 is 31.4 Å². The highest BCUT2D eigenvalue weighted by atomic mass is 32.2. The van der Waals surface area contributed by atoms with Crippen molar-refractivity contribution in [1.82, 2.24) is 19.3 Å². The van der Waals surface area contributed by atoms with Gasteiger partial charge in [-0.2, -0.15) is 9.29 Å². The number of aromatic nitrogens is 3. The normalized spacial score (nSPS) is 26.2. The molecule has 2 saturated heterocycles. The maximum atomic E-state index is 12.9. The summed E-state index contributed by atoms with van der Waals surface area (Å²) in [6, 6.07) is 3.10. The second-order valence-electron chi connectivity index (χ2n) is 10.4. The first kappa shape index (κ1) is 24.8. The minimum absolute atomic E-state index is 0.0427. The van der Waals surface area contributed by atoms with Gasteiger partial charge in [0.25, 0.3) is 5.88 Å². The summed E-state index contributed by atoms with van der Waals surface area (Å²) >= 11 is 0. The van der Waals surface area contributed by atoms with Crippen LogP contribution in [-0.4, -0.2) is 71.9 Å². The van der Waals surface area contributed by atoms with E-state index in [0.29, 0.717) is 48.6 Å². The van der Waals surface area contributed by atoms with E-state index < -0.39 is 19.9 Å². The lowest BCUT2D eigenvalue weighted by molar-refractivity contribution is 0.0887. The molecule has 4 aliphatic rings. The Morgan fingerprint density at radius 1 is 0.946 bits per heavy atom. The van der Waals surface area contributed by atoms with Gasteiger partial charge in [-0.3, -0.25) is 0 Å². The van der Waals surface area contributed by atoms with Crippen molar-refractivity contribution in [2.45, 2.75) is 92.0 Å². The fourth-order valence-corrected chi connectivity index (χ4v) is 9.42. The summed E-state index contributed by atoms with van der Waals surface area (Å²) in [5, 5.41) is 2.73. The largest absolute Gasteiger partial charge is 0.489 e. The maximum Gasteiger partial charge on any atom is 0.262 e. The number of hydrogen-bond acceptors (Lipinski definition) is 10. The molecule has 2 atom stereocenters. The maximum absolute atomic E-state index is 12.9. The Hall–Kier alpha value is -2.51. The van der Waals surface area contributed by atoms with E-state index in [-0.39, 0.29) is 39.6 Å². The smallest absolute Gasteiger partial charge is 0.262 e. The number of hydrogen-bond donors (Lipinski definition) is 1. The van der Waals surface area contributed by atoms with E-state index in [9.17, 15) is 16.8 Å². The van der Waals surface area contributed by atoms with Gasteiger partial charge in [0.2, 0.25) is 15.8 Å². The number of anilines is 2. The second-order valence-corrected chi connectivity index (χ2v) is 14.7. The molecule has 2 unspecified atom stereocenters. The molecular weight excluding hydrogens is 518 g/mol. The summed E-state index contributed by atoms with van der Waals surface area (Å²) in [6.07, 6.45) is 7.00. The fraction of sp³-hybridized carbons (Fsp3) is 0.625. The summed E-state index contributed by atoms with van der Waals surface area (Å²) in [5.74, 6) is 0.963. The number of methoxy groups -OCH3 is 1. The first-order valence-electron chi connectivity index (χ1n) is 12.7. The molecule has 2 bridgehead atoms. The van der Waals surface area contributed by atoms with Gasteiger partial charge in [-0.15, -0.1) is 0 Å². The van der Waals surface area contributed by atoms with E-state index in [4.69, 9.17) is 9.47 Å². The van der Waals surface area contributed by atoms with Crippen molar-refractivity contribution < 1.29 is 26.3 Å². The van der Waals surface area contributed by atoms with Crippen molar-refractivity contribution in [2.24, 2.45) is 0 Å². The van der Waals surface area contributed by atoms with E-state index in [2.05, 4.69) is 20.3 Å². The lowest BCUT2D eigenvalue weighted by Crippen LogP contribution is -2.50. The van der Waals surface area contributed by atoms with Crippen LogP contribution in [0.3, 0.4) is 0 Å². The number of sulfonamides is 1. The van der Waals surface area contributed by atoms with Gasteiger partial charge in [0.15, 0.2) is 20.7 Å². The molecule has 0 spiro atoms. The summed E-state index contributed by atoms with van der Waals surface area (Å²) in [5.41, 5.74) is 1.11. The van der Waals surface area contributed by atoms with Crippen LogP contribution < -0.4 is 14.8 Å². The van der Waals surface area contributed by atoms with Crippen molar-refractivity contribution in [3.05, 3.63) is 24.2 Å². The number of rotatable bonds is 9. The minimum atomic E-state index is -3.38. The monoisotopic (exact) mass is 549 g/mol. The number of ether oxygens (including phenoxy) is 2. The van der Waals surface area contributed by atoms with Crippen LogP contribution in [0.25, 0.3) is 0 Å². The average molecular weight is 550 g/mol. The van der Waals surface area contributed by atoms with Gasteiger partial charge in [0.05, 0.1) is 29.0 Å². The van der Waals surface area contributed by atoms with Crippen LogP contribution in [0.5, 0.6) is 11.6 Å². The molecule has 37 heavy (non-hydrogen) atoms. The Morgan fingerprint density at radius 3 is 2.22 bits per heavy atom. The number of aryl methyl sites for hydroxylation is 1. The van der Waals surface area contributed by atoms with Gasteiger partial charge in [-0.05, 0) is 57.6 Å². The van der Waals surface area contributed by atoms with Gasteiger partial charge in [0.1, 0.15) is 12.4 Å². The summed E-state index contributed by atoms with van der Waals surface area (Å²) in [7, 11) is -5.10. The van der Waals surface area contributed by atoms with E-state index in [1.807, 2.05) is 0 Å². The summed E-state index contributed by atoms with van der Waals surface area (Å²) in [4.78, 5) is 12.9. The Balaban J connectivity index is 1.19. The predicted molar refractivity (Wildman–Crippen MR) is 135 cm³/mol. The first-order chi connectivity index (χ1) is 17.7. The Bertz CT molecular complexity index is 1410. The number of sulfone groups is 1. The van der Waals surface area contributed by atoms with Gasteiger partial charge in [0, 0.05) is 24.9 Å². The highest BCUT2D eigenvalue weighted by Crippen LogP contribution is 2.44. The molecule has 0 radical (unpaired) electrons. The van der Waals surface area contributed by atoms with Gasteiger partial charge in [-0.1, -0.05) is 0 Å². The van der Waals surface area contributed by atoms with Crippen LogP contribution in [0.2, 0.25) is 0 Å². The number of piperidine rings is 1. The molecule has 0 aromatic carbocycles. The molecule has 2 aromatic rings. The lowest BCUT2D eigenvalue weighted by Gasteiger charge is -2.37. The first-order valence-corrected chi connectivity index (χ1v) is 15.8. The van der Waals surface area contributed by atoms with Crippen molar-refractivity contribution in [3.8, 4) is 11.6 Å². The van der Waals surface area contributed by atoms with Gasteiger partial charge in [-0.25, -0.2) is 26.8 Å². The Labute approximate surface area is 217 Å². The summed E-state index contributed by atoms with van der Waals surface area (Å²) < 4.78 is 64.6. The van der Waals surface area contributed by atoms with Gasteiger partial charge < -0.3 is 14.8 Å². The minimum Gasteiger partial charge on any atom is -0.489 e. The van der Waals surface area contributed by atoms with Crippen LogP contribution in [0.15, 0.2) is 23.5 Å². The number of nitrogens with one attached hydrogen (secondary N) is 1. The predicted octanol–water partition coefficient (Wildman–Crippen LogP) is 2.73. The molecule has 2 aliphatic carbocycles. The molecule has 13 heteroatoms. The molecule has 2 aromatic heterocycles. The van der Waals surface area contributed by atoms with Crippen molar-refractivity contribution in [3.63, 3.8) is 0 Å². The summed E-state index contributed by atoms with van der Waals surface area (Å²) in [6.45, 7) is 1.73. The van der Waals surface area contributed by atoms with Crippen LogP contribution in [0.1, 0.15) is 57.1 Å². The van der Waals surface area contributed by atoms with Crippen molar-refractivity contribution in [2.75, 3.05) is 12.4 Å². The van der Waals surface area contributed by atoms with E-state index >= 15 is 0 Å². The molecule has 4 fully saturated rings. The zero-order valence-corrected chi connectivity index (χ0v) is 22.5. The third-order valence-electron chi connectivity index (χ3n) is 7.68. The Kier molecular flexibility index (Phi) is 6.07. The molecule has 0 amide bonds. The molecule has 4 heterocycles. The SMILES string of the molecule is COc1c(Nc2ccc(S(=O)(=O)C3CC3)nc2C)ncnc1OC1CC2CCC(C1)N2S(=O)(=O)C1CC1. The molecule has 2 saturated carbocycles. The van der Waals surface area contributed by atoms with Crippen LogP contribution in [-0.2, 0) is 19.9 Å². The fourth-order valence-electron chi connectivity index (χ4n) is 5.51. The second kappa shape index (κ2) is 9.05. The number of nitrogens with zero attached hydrogens (tertiary/aromatic N) is 4. The van der Waals surface area contributed by atoms with E-state index in [1.165, 1.54) is 19.5 Å². The standard InChI is InChI=1S/C24H31N5O6S2/c1-14-20(9-10-21(27-14)36(30,31)18-5-6-18)28-23-22(34-2)24(26-13-25-23)35-17-11-15-3-4-16(12-17)29(15)37(32,33)19-7-8-19/h9-10,13,15-19H,3-8,11-12H2,1-2H3,(H,25,26,28). The Morgan fingerprint density at radius 2 is 1.62 bits per heavy atom. The molecule has 6 rings (SSSR count). The molecule has 200 valence electrons. The quantitative estimate of drug-likeness (QED) is 0.496. The van der Waals surface area contributed by atoms with E-state index in [0.717, 1.165) is 25.7 Å². The molecular formula is C24H31N5O6S2. The van der Waals surface area contributed by atoms with Crippen LogP contribution in [0, 0.1) is 6.92 Å². The molecule has 11 nitrogen and oxygen atoms in total. The highest BCUT2D eigenvalue weighted by Gasteiger charge is 2.52. The topological polar surface area (TPSA) is 141 Å². The zero-order chi connectivity index (χ0) is 25.9. The van der Waals surface area contributed by atoms with Crippen LogP contribution in [0.4, 0.5) is 11.5 Å². The van der Waals surface area contributed by atoms with Crippen LogP contribution >= 0.6 is 0 Å². The highest BCUT2D eigenvalue weighted by molar-refractivity contribution is 7.92. The molecule has 2 aliphatic heterocycles. The zero-order valence-electron chi connectivity index (χ0n) is 20.8. The number of pyridine rings is 1. The average Bonchev–Trinajstić information content (AvgIpc) is 3.76. The van der Waals surface area contributed by atoms with Crippen molar-refractivity contribution in [1.29, 1.82) is 0 Å². The third kappa shape index (κ3) is 4.54. The van der Waals surface area contributed by atoms with E-state index in [1.54, 1.807) is 17.3 Å². The number of fused-ring (bicyclic) bond motifs is 2. The third-order valence-corrected chi connectivity index (χ3v) is 12.3.